The van der Waals surface area contributed by atoms with Gasteiger partial charge in [-0.15, -0.1) is 0 Å². The maximum absolute atomic E-state index is 3.79. The Hall–Kier alpha value is -1.90. The molecule has 3 aromatic rings. The van der Waals surface area contributed by atoms with Gasteiger partial charge in [0.25, 0.3) is 0 Å². The lowest BCUT2D eigenvalue weighted by atomic mass is 10.0. The summed E-state index contributed by atoms with van der Waals surface area (Å²) in [6.45, 7) is 12.0. The number of hydrogen-bond acceptors (Lipinski definition) is 0. The van der Waals surface area contributed by atoms with E-state index in [0.29, 0.717) is 11.1 Å². The highest BCUT2D eigenvalue weighted by molar-refractivity contribution is 9.10. The molecular weight excluding hydrogens is 432 g/mol. The monoisotopic (exact) mass is 458 g/mol. The zero-order valence-corrected chi connectivity index (χ0v) is 20.4. The lowest BCUT2D eigenvalue weighted by Crippen LogP contribution is -2.42. The van der Waals surface area contributed by atoms with Gasteiger partial charge in [-0.1, -0.05) is 100 Å². The zero-order chi connectivity index (χ0) is 20.5. The summed E-state index contributed by atoms with van der Waals surface area (Å²) in [6.07, 6.45) is 2.42. The second kappa shape index (κ2) is 6.55. The van der Waals surface area contributed by atoms with Gasteiger partial charge in [0.15, 0.2) is 0 Å². The van der Waals surface area contributed by atoms with Crippen LogP contribution in [0.1, 0.15) is 51.4 Å². The van der Waals surface area contributed by atoms with Gasteiger partial charge in [0, 0.05) is 15.6 Å². The molecule has 2 aliphatic rings. The number of benzene rings is 3. The Labute approximate surface area is 183 Å². The van der Waals surface area contributed by atoms with E-state index in [2.05, 4.69) is 110 Å². The molecule has 0 N–H and O–H groups in total. The Balaban J connectivity index is 1.73. The number of aryl methyl sites for hydroxylation is 2. The van der Waals surface area contributed by atoms with E-state index in [4.69, 9.17) is 0 Å². The van der Waals surface area contributed by atoms with Crippen molar-refractivity contribution in [1.29, 1.82) is 0 Å². The highest BCUT2D eigenvalue weighted by Crippen LogP contribution is 2.55. The molecule has 0 saturated heterocycles. The highest BCUT2D eigenvalue weighted by atomic mass is 79.9. The van der Waals surface area contributed by atoms with E-state index in [1.807, 2.05) is 0 Å². The first kappa shape index (κ1) is 19.1. The van der Waals surface area contributed by atoms with Crippen LogP contribution in [0.5, 0.6) is 0 Å². The summed E-state index contributed by atoms with van der Waals surface area (Å²) >= 11 is 3.79. The molecule has 1 unspecified atom stereocenters. The minimum Gasteiger partial charge on any atom is -0.0679 e. The molecule has 3 aromatic carbocycles. The first-order valence-electron chi connectivity index (χ1n) is 10.5. The van der Waals surface area contributed by atoms with Crippen LogP contribution in [0, 0.1) is 13.8 Å². The van der Waals surface area contributed by atoms with Crippen molar-refractivity contribution in [2.24, 2.45) is 0 Å². The van der Waals surface area contributed by atoms with Crippen LogP contribution in [-0.4, -0.2) is 8.07 Å². The molecule has 0 fully saturated rings. The lowest BCUT2D eigenvalue weighted by molar-refractivity contribution is 0.985. The maximum atomic E-state index is 3.79. The van der Waals surface area contributed by atoms with Crippen molar-refractivity contribution in [2.45, 2.75) is 44.9 Å². The van der Waals surface area contributed by atoms with Crippen LogP contribution < -0.4 is 0 Å². The van der Waals surface area contributed by atoms with E-state index in [1.54, 1.807) is 11.1 Å². The fraction of sp³-hybridized carbons (Fsp3) is 0.259. The molecule has 29 heavy (non-hydrogen) atoms. The van der Waals surface area contributed by atoms with Crippen molar-refractivity contribution < 1.29 is 0 Å². The summed E-state index contributed by atoms with van der Waals surface area (Å²) < 4.78 is 1.22. The average Bonchev–Trinajstić information content (AvgIpc) is 3.17. The molecule has 146 valence electrons. The third kappa shape index (κ3) is 2.76. The quantitative estimate of drug-likeness (QED) is 0.339. The van der Waals surface area contributed by atoms with Crippen LogP contribution in [0.4, 0.5) is 0 Å². The molecule has 2 heteroatoms. The Bertz CT molecular complexity index is 1130. The molecular formula is C27H27BrSi. The Morgan fingerprint density at radius 1 is 0.724 bits per heavy atom. The van der Waals surface area contributed by atoms with Gasteiger partial charge in [0.2, 0.25) is 0 Å². The minimum atomic E-state index is -1.80. The van der Waals surface area contributed by atoms with Crippen molar-refractivity contribution in [2.75, 3.05) is 0 Å². The van der Waals surface area contributed by atoms with E-state index in [0.717, 1.165) is 0 Å². The van der Waals surface area contributed by atoms with Gasteiger partial charge in [-0.2, -0.15) is 0 Å². The fourth-order valence-electron chi connectivity index (χ4n) is 5.95. The molecule has 0 radical (unpaired) electrons. The Morgan fingerprint density at radius 3 is 1.90 bits per heavy atom. The highest BCUT2D eigenvalue weighted by Gasteiger charge is 2.48. The molecule has 0 nitrogen and oxygen atoms in total. The summed E-state index contributed by atoms with van der Waals surface area (Å²) in [5.41, 5.74) is 14.2. The van der Waals surface area contributed by atoms with Gasteiger partial charge in [0.1, 0.15) is 0 Å². The second-order valence-corrected chi connectivity index (χ2v) is 15.2. The number of fused-ring (bicyclic) bond motifs is 4. The molecule has 0 bridgehead atoms. The largest absolute Gasteiger partial charge is 0.0726 e. The molecule has 0 aromatic heterocycles. The van der Waals surface area contributed by atoms with Gasteiger partial charge in [-0.3, -0.25) is 0 Å². The first-order chi connectivity index (χ1) is 13.8. The summed E-state index contributed by atoms with van der Waals surface area (Å²) in [5, 5.41) is 0. The van der Waals surface area contributed by atoms with Crippen LogP contribution in [0.15, 0.2) is 64.6 Å². The first-order valence-corrected chi connectivity index (χ1v) is 14.4. The second-order valence-electron chi connectivity index (χ2n) is 9.50. The summed E-state index contributed by atoms with van der Waals surface area (Å²) in [4.78, 5) is 0. The van der Waals surface area contributed by atoms with Crippen molar-refractivity contribution >= 4 is 30.1 Å². The summed E-state index contributed by atoms with van der Waals surface area (Å²) in [5.74, 6) is 0. The summed E-state index contributed by atoms with van der Waals surface area (Å²) in [7, 11) is -1.80. The van der Waals surface area contributed by atoms with Crippen LogP contribution in [-0.2, 0) is 0 Å². The van der Waals surface area contributed by atoms with Crippen molar-refractivity contribution in [3.8, 4) is 11.1 Å². The predicted octanol–water partition coefficient (Wildman–Crippen LogP) is 8.17. The maximum Gasteiger partial charge on any atom is 0.0726 e. The molecule has 0 spiro atoms. The van der Waals surface area contributed by atoms with E-state index >= 15 is 0 Å². The van der Waals surface area contributed by atoms with Gasteiger partial charge >= 0.3 is 0 Å². The number of allylic oxidation sites excluding steroid dienone is 1. The van der Waals surface area contributed by atoms with Crippen molar-refractivity contribution in [3.05, 3.63) is 98.0 Å². The van der Waals surface area contributed by atoms with E-state index in [-0.39, 0.29) is 0 Å². The number of halogens is 1. The van der Waals surface area contributed by atoms with Crippen molar-refractivity contribution in [3.63, 3.8) is 0 Å². The van der Waals surface area contributed by atoms with Gasteiger partial charge < -0.3 is 0 Å². The lowest BCUT2D eigenvalue weighted by Gasteiger charge is -2.38. The molecule has 5 rings (SSSR count). The van der Waals surface area contributed by atoms with E-state index < -0.39 is 8.07 Å². The van der Waals surface area contributed by atoms with Crippen LogP contribution in [0.3, 0.4) is 0 Å². The standard InChI is InChI=1S/C27H27BrSi/c1-16-9-11-20-22(13-16)23-14-17(2)10-12-21(23)27(20)29(4,5)26-18(3)15-24-19(26)7-6-8-25(24)28/h6-15,26-27H,1-5H3. The van der Waals surface area contributed by atoms with E-state index in [1.165, 1.54) is 43.4 Å². The van der Waals surface area contributed by atoms with Crippen LogP contribution in [0.2, 0.25) is 13.1 Å². The molecule has 0 aliphatic heterocycles. The average molecular weight is 460 g/mol. The molecule has 0 amide bonds. The topological polar surface area (TPSA) is 0 Å². The van der Waals surface area contributed by atoms with Crippen LogP contribution in [0.25, 0.3) is 17.2 Å². The predicted molar refractivity (Wildman–Crippen MR) is 131 cm³/mol. The Morgan fingerprint density at radius 2 is 1.31 bits per heavy atom. The third-order valence-corrected chi connectivity index (χ3v) is 12.1. The molecule has 0 heterocycles. The minimum absolute atomic E-state index is 0.520. The normalized spacial score (nSPS) is 17.7. The summed E-state index contributed by atoms with van der Waals surface area (Å²) in [6, 6.07) is 21.0. The van der Waals surface area contributed by atoms with E-state index in [9.17, 15) is 0 Å². The number of rotatable bonds is 2. The third-order valence-electron chi connectivity index (χ3n) is 7.04. The van der Waals surface area contributed by atoms with Gasteiger partial charge in [-0.25, -0.2) is 0 Å². The molecule has 0 saturated carbocycles. The molecule has 1 atom stereocenters. The Kier molecular flexibility index (Phi) is 4.31. The fourth-order valence-corrected chi connectivity index (χ4v) is 11.2. The van der Waals surface area contributed by atoms with Gasteiger partial charge in [0.05, 0.1) is 8.07 Å². The van der Waals surface area contributed by atoms with Crippen molar-refractivity contribution in [1.82, 2.24) is 0 Å². The number of hydrogen-bond donors (Lipinski definition) is 0. The SMILES string of the molecule is CC1=Cc2c(Br)cccc2C1[Si](C)(C)C1c2ccc(C)cc2-c2cc(C)ccc21. The van der Waals surface area contributed by atoms with Gasteiger partial charge in [-0.05, 0) is 60.2 Å². The molecule has 2 aliphatic carbocycles. The zero-order valence-electron chi connectivity index (χ0n) is 17.8. The van der Waals surface area contributed by atoms with Crippen LogP contribution >= 0.6 is 15.9 Å². The smallest absolute Gasteiger partial charge is 0.0679 e.